The topological polar surface area (TPSA) is 71.6 Å². The van der Waals surface area contributed by atoms with Gasteiger partial charge in [0.25, 0.3) is 5.92 Å². The quantitative estimate of drug-likeness (QED) is 0.656. The highest BCUT2D eigenvalue weighted by Crippen LogP contribution is 2.39. The molecule has 3 N–H and O–H groups in total. The van der Waals surface area contributed by atoms with Crippen molar-refractivity contribution in [1.29, 1.82) is 0 Å². The summed E-state index contributed by atoms with van der Waals surface area (Å²) in [6, 6.07) is 8.18. The molecule has 0 aromatic heterocycles. The van der Waals surface area contributed by atoms with Crippen molar-refractivity contribution < 1.29 is 23.0 Å². The standard InChI is InChI=1S/C18H23F2N3O3/c19-18(20)9-21-17(24)25-8-11-2-1-3-12(6-11)16-14-7-13(26-10-18)4-5-15(14)22-23-16/h1-3,6,13-16,22-23H,4-5,7-10H2,(H,21,24). The molecule has 1 amide bonds. The molecule has 1 aromatic rings. The van der Waals surface area contributed by atoms with Crippen LogP contribution in [0.4, 0.5) is 13.6 Å². The molecule has 1 aromatic carbocycles. The molecule has 1 saturated carbocycles. The van der Waals surface area contributed by atoms with Crippen LogP contribution in [0.25, 0.3) is 0 Å². The molecule has 2 heterocycles. The minimum absolute atomic E-state index is 0.0403. The maximum absolute atomic E-state index is 14.0. The van der Waals surface area contributed by atoms with Crippen molar-refractivity contribution in [3.63, 3.8) is 0 Å². The molecule has 2 aliphatic heterocycles. The molecule has 3 aliphatic rings. The summed E-state index contributed by atoms with van der Waals surface area (Å²) in [5, 5.41) is 2.12. The number of alkyl carbamates (subject to hydrolysis) is 1. The third kappa shape index (κ3) is 3.82. The fourth-order valence-corrected chi connectivity index (χ4v) is 4.07. The second-order valence-electron chi connectivity index (χ2n) is 7.31. The van der Waals surface area contributed by atoms with Crippen molar-refractivity contribution in [2.24, 2.45) is 5.92 Å². The van der Waals surface area contributed by atoms with Crippen LogP contribution in [0.15, 0.2) is 24.3 Å². The summed E-state index contributed by atoms with van der Waals surface area (Å²) in [5.74, 6) is -2.86. The van der Waals surface area contributed by atoms with Crippen LogP contribution in [-0.4, -0.2) is 37.3 Å². The Balaban J connectivity index is 1.59. The zero-order valence-electron chi connectivity index (χ0n) is 14.3. The Morgan fingerprint density at radius 3 is 2.96 bits per heavy atom. The van der Waals surface area contributed by atoms with Gasteiger partial charge < -0.3 is 14.8 Å². The second kappa shape index (κ2) is 7.09. The molecular weight excluding hydrogens is 344 g/mol. The van der Waals surface area contributed by atoms with E-state index in [1.165, 1.54) is 0 Å². The van der Waals surface area contributed by atoms with Gasteiger partial charge in [0, 0.05) is 6.04 Å². The fraction of sp³-hybridized carbons (Fsp3) is 0.611. The van der Waals surface area contributed by atoms with Crippen LogP contribution in [0.2, 0.25) is 0 Å². The largest absolute Gasteiger partial charge is 0.445 e. The number of cyclic esters (lactones) is 1. The summed E-state index contributed by atoms with van der Waals surface area (Å²) >= 11 is 0. The van der Waals surface area contributed by atoms with Crippen LogP contribution in [0, 0.1) is 5.92 Å². The number of alkyl halides is 2. The highest BCUT2D eigenvalue weighted by molar-refractivity contribution is 5.67. The highest BCUT2D eigenvalue weighted by Gasteiger charge is 2.42. The number of amides is 1. The number of hydrogen-bond donors (Lipinski definition) is 3. The predicted octanol–water partition coefficient (Wildman–Crippen LogP) is 2.26. The number of nitrogens with one attached hydrogen (secondary N) is 3. The molecule has 4 rings (SSSR count). The van der Waals surface area contributed by atoms with Crippen LogP contribution in [-0.2, 0) is 16.1 Å². The molecule has 8 heteroatoms. The number of benzene rings is 1. The first-order valence-corrected chi connectivity index (χ1v) is 9.00. The molecule has 0 radical (unpaired) electrons. The molecule has 26 heavy (non-hydrogen) atoms. The van der Waals surface area contributed by atoms with Gasteiger partial charge in [-0.1, -0.05) is 24.3 Å². The summed E-state index contributed by atoms with van der Waals surface area (Å²) in [5.41, 5.74) is 8.59. The normalized spacial score (nSPS) is 34.2. The molecule has 1 saturated heterocycles. The number of halogens is 2. The van der Waals surface area contributed by atoms with E-state index in [1.54, 1.807) is 0 Å². The van der Waals surface area contributed by atoms with E-state index < -0.39 is 25.2 Å². The van der Waals surface area contributed by atoms with Crippen LogP contribution >= 0.6 is 0 Å². The zero-order chi connectivity index (χ0) is 18.1. The summed E-state index contributed by atoms with van der Waals surface area (Å²) in [6.07, 6.45) is 1.28. The summed E-state index contributed by atoms with van der Waals surface area (Å²) in [4.78, 5) is 11.7. The Morgan fingerprint density at radius 2 is 2.08 bits per heavy atom. The molecular formula is C18H23F2N3O3. The molecule has 0 spiro atoms. The van der Waals surface area contributed by atoms with Crippen LogP contribution in [0.1, 0.15) is 36.4 Å². The third-order valence-corrected chi connectivity index (χ3v) is 5.41. The first kappa shape index (κ1) is 17.6. The highest BCUT2D eigenvalue weighted by atomic mass is 19.3. The van der Waals surface area contributed by atoms with Crippen LogP contribution in [0.3, 0.4) is 0 Å². The third-order valence-electron chi connectivity index (χ3n) is 5.41. The van der Waals surface area contributed by atoms with Crippen molar-refractivity contribution in [3.8, 4) is 0 Å². The van der Waals surface area contributed by atoms with Crippen LogP contribution < -0.4 is 16.2 Å². The summed E-state index contributed by atoms with van der Waals surface area (Å²) in [6.45, 7) is -1.45. The van der Waals surface area contributed by atoms with Crippen molar-refractivity contribution in [2.45, 2.75) is 50.0 Å². The maximum atomic E-state index is 14.0. The number of carbonyl (C=O) groups excluding carboxylic acids is 1. The van der Waals surface area contributed by atoms with E-state index in [1.807, 2.05) is 24.3 Å². The minimum atomic E-state index is -3.13. The van der Waals surface area contributed by atoms with E-state index in [-0.39, 0.29) is 24.7 Å². The van der Waals surface area contributed by atoms with E-state index >= 15 is 0 Å². The Kier molecular flexibility index (Phi) is 4.81. The first-order chi connectivity index (χ1) is 12.5. The van der Waals surface area contributed by atoms with E-state index in [2.05, 4.69) is 16.2 Å². The lowest BCUT2D eigenvalue weighted by Crippen LogP contribution is -2.42. The van der Waals surface area contributed by atoms with Crippen molar-refractivity contribution >= 4 is 6.09 Å². The number of fused-ring (bicyclic) bond motifs is 4. The molecule has 1 aliphatic carbocycles. The lowest BCUT2D eigenvalue weighted by molar-refractivity contribution is -0.107. The fourth-order valence-electron chi connectivity index (χ4n) is 4.07. The van der Waals surface area contributed by atoms with E-state index in [0.717, 1.165) is 30.4 Å². The SMILES string of the molecule is O=C1NCC(F)(F)COC2CCC3NNC(c4cccc(c4)CO1)C3C2. The average molecular weight is 367 g/mol. The molecule has 2 fully saturated rings. The minimum Gasteiger partial charge on any atom is -0.445 e. The monoisotopic (exact) mass is 367 g/mol. The smallest absolute Gasteiger partial charge is 0.407 e. The molecule has 4 unspecified atom stereocenters. The van der Waals surface area contributed by atoms with Gasteiger partial charge >= 0.3 is 6.09 Å². The Morgan fingerprint density at radius 1 is 1.19 bits per heavy atom. The van der Waals surface area contributed by atoms with Crippen molar-refractivity contribution in [2.75, 3.05) is 13.2 Å². The number of hydrogen-bond acceptors (Lipinski definition) is 5. The van der Waals surface area contributed by atoms with Crippen LogP contribution in [0.5, 0.6) is 0 Å². The van der Waals surface area contributed by atoms with Gasteiger partial charge in [-0.3, -0.25) is 5.43 Å². The number of ether oxygens (including phenoxy) is 2. The zero-order valence-corrected chi connectivity index (χ0v) is 14.3. The van der Waals surface area contributed by atoms with Gasteiger partial charge in [0.15, 0.2) is 0 Å². The molecule has 4 bridgehead atoms. The van der Waals surface area contributed by atoms with Gasteiger partial charge in [-0.05, 0) is 36.3 Å². The lowest BCUT2D eigenvalue weighted by Gasteiger charge is -2.34. The average Bonchev–Trinajstić information content (AvgIpc) is 3.06. The van der Waals surface area contributed by atoms with Gasteiger partial charge in [-0.2, -0.15) is 0 Å². The van der Waals surface area contributed by atoms with Gasteiger partial charge in [-0.25, -0.2) is 19.0 Å². The summed E-state index contributed by atoms with van der Waals surface area (Å²) < 4.78 is 38.5. The Hall–Kier alpha value is -1.77. The number of carbonyl (C=O) groups is 1. The summed E-state index contributed by atoms with van der Waals surface area (Å²) in [7, 11) is 0. The Bertz CT molecular complexity index is 673. The Labute approximate surface area is 150 Å². The second-order valence-corrected chi connectivity index (χ2v) is 7.31. The van der Waals surface area contributed by atoms with Gasteiger partial charge in [0.05, 0.1) is 18.7 Å². The molecule has 4 atom stereocenters. The molecule has 142 valence electrons. The van der Waals surface area contributed by atoms with E-state index in [9.17, 15) is 13.6 Å². The van der Waals surface area contributed by atoms with E-state index in [4.69, 9.17) is 9.47 Å². The predicted molar refractivity (Wildman–Crippen MR) is 89.5 cm³/mol. The van der Waals surface area contributed by atoms with Crippen molar-refractivity contribution in [1.82, 2.24) is 16.2 Å². The first-order valence-electron chi connectivity index (χ1n) is 9.00. The molecule has 6 nitrogen and oxygen atoms in total. The van der Waals surface area contributed by atoms with Gasteiger partial charge in [0.1, 0.15) is 13.2 Å². The number of rotatable bonds is 0. The van der Waals surface area contributed by atoms with Gasteiger partial charge in [0.2, 0.25) is 0 Å². The maximum Gasteiger partial charge on any atom is 0.407 e. The van der Waals surface area contributed by atoms with E-state index in [0.29, 0.717) is 6.04 Å². The van der Waals surface area contributed by atoms with Gasteiger partial charge in [-0.15, -0.1) is 0 Å². The van der Waals surface area contributed by atoms with Crippen molar-refractivity contribution in [3.05, 3.63) is 35.4 Å². The lowest BCUT2D eigenvalue weighted by atomic mass is 9.78. The number of hydrazine groups is 1.